The van der Waals surface area contributed by atoms with E-state index >= 15 is 0 Å². The number of amides is 1. The Bertz CT molecular complexity index is 907. The molecule has 0 aliphatic carbocycles. The highest BCUT2D eigenvalue weighted by atomic mass is 16.5. The van der Waals surface area contributed by atoms with Gasteiger partial charge in [-0.3, -0.25) is 14.2 Å². The molecule has 25 heavy (non-hydrogen) atoms. The smallest absolute Gasteiger partial charge is 0.329 e. The van der Waals surface area contributed by atoms with E-state index in [0.29, 0.717) is 16.5 Å². The summed E-state index contributed by atoms with van der Waals surface area (Å²) in [4.78, 5) is 39.7. The van der Waals surface area contributed by atoms with E-state index in [-0.39, 0.29) is 29.7 Å². The molecule has 2 N–H and O–H groups in total. The van der Waals surface area contributed by atoms with Crippen LogP contribution in [0.5, 0.6) is 0 Å². The summed E-state index contributed by atoms with van der Waals surface area (Å²) in [5.74, 6) is -0.251. The summed E-state index contributed by atoms with van der Waals surface area (Å²) in [7, 11) is 0. The average molecular weight is 345 g/mol. The molecule has 0 saturated carbocycles. The van der Waals surface area contributed by atoms with Crippen molar-refractivity contribution in [2.24, 2.45) is 0 Å². The normalized spacial score (nSPS) is 18.6. The highest BCUT2D eigenvalue weighted by molar-refractivity contribution is 5.97. The van der Waals surface area contributed by atoms with E-state index in [1.54, 1.807) is 32.0 Å². The van der Waals surface area contributed by atoms with Crippen LogP contribution in [-0.2, 0) is 4.74 Å². The Kier molecular flexibility index (Phi) is 4.76. The van der Waals surface area contributed by atoms with Crippen LogP contribution in [0.25, 0.3) is 10.9 Å². The fourth-order valence-electron chi connectivity index (χ4n) is 3.22. The van der Waals surface area contributed by atoms with Crippen LogP contribution >= 0.6 is 0 Å². The van der Waals surface area contributed by atoms with Crippen LogP contribution in [0.2, 0.25) is 0 Å². The third kappa shape index (κ3) is 3.37. The topological polar surface area (TPSA) is 93.2 Å². The van der Waals surface area contributed by atoms with Crippen LogP contribution in [0, 0.1) is 0 Å². The Morgan fingerprint density at radius 3 is 2.72 bits per heavy atom. The van der Waals surface area contributed by atoms with Crippen molar-refractivity contribution in [1.29, 1.82) is 0 Å². The molecule has 0 bridgehead atoms. The van der Waals surface area contributed by atoms with Crippen molar-refractivity contribution in [3.8, 4) is 0 Å². The van der Waals surface area contributed by atoms with Gasteiger partial charge in [0.25, 0.3) is 11.5 Å². The minimum Gasteiger partial charge on any atom is -0.376 e. The fraction of sp³-hybridized carbons (Fsp3) is 0.500. The Morgan fingerprint density at radius 1 is 1.32 bits per heavy atom. The summed E-state index contributed by atoms with van der Waals surface area (Å²) in [6.07, 6.45) is 1.97. The quantitative estimate of drug-likeness (QED) is 0.879. The van der Waals surface area contributed by atoms with E-state index in [2.05, 4.69) is 10.3 Å². The SMILES string of the molecule is CC(C)n1c(=O)[nH]c2cc(C(=O)N[C@H](C)[C@H]3CCCO3)ccc2c1=O. The van der Waals surface area contributed by atoms with Gasteiger partial charge in [0.2, 0.25) is 0 Å². The van der Waals surface area contributed by atoms with E-state index in [9.17, 15) is 14.4 Å². The first-order chi connectivity index (χ1) is 11.9. The standard InChI is InChI=1S/C18H23N3O4/c1-10(2)21-17(23)13-7-6-12(9-14(13)20-18(21)24)16(22)19-11(3)15-5-4-8-25-15/h6-7,9-11,15H,4-5,8H2,1-3H3,(H,19,22)(H,20,24)/t11-,15-/m1/s1. The largest absolute Gasteiger partial charge is 0.376 e. The van der Waals surface area contributed by atoms with Crippen molar-refractivity contribution in [2.75, 3.05) is 6.61 Å². The number of aromatic nitrogens is 2. The van der Waals surface area contributed by atoms with Crippen LogP contribution < -0.4 is 16.6 Å². The maximum atomic E-state index is 12.5. The van der Waals surface area contributed by atoms with E-state index in [0.717, 1.165) is 19.4 Å². The summed E-state index contributed by atoms with van der Waals surface area (Å²) in [5.41, 5.74) is -0.0646. The molecule has 2 aromatic rings. The zero-order valence-corrected chi connectivity index (χ0v) is 14.7. The van der Waals surface area contributed by atoms with Crippen molar-refractivity contribution in [3.05, 3.63) is 44.6 Å². The predicted octanol–water partition coefficient (Wildman–Crippen LogP) is 1.57. The molecule has 7 heteroatoms. The molecule has 1 aromatic carbocycles. The van der Waals surface area contributed by atoms with Gasteiger partial charge in [0, 0.05) is 18.2 Å². The predicted molar refractivity (Wildman–Crippen MR) is 95.1 cm³/mol. The van der Waals surface area contributed by atoms with Gasteiger partial charge in [-0.2, -0.15) is 0 Å². The van der Waals surface area contributed by atoms with Crippen molar-refractivity contribution in [1.82, 2.24) is 14.9 Å². The molecular formula is C18H23N3O4. The third-order valence-electron chi connectivity index (χ3n) is 4.59. The maximum absolute atomic E-state index is 12.5. The molecular weight excluding hydrogens is 322 g/mol. The Hall–Kier alpha value is -2.41. The minimum atomic E-state index is -0.474. The number of hydrogen-bond acceptors (Lipinski definition) is 4. The number of benzene rings is 1. The Morgan fingerprint density at radius 2 is 2.08 bits per heavy atom. The van der Waals surface area contributed by atoms with Gasteiger partial charge < -0.3 is 15.0 Å². The summed E-state index contributed by atoms with van der Waals surface area (Å²) in [6.45, 7) is 6.19. The lowest BCUT2D eigenvalue weighted by Gasteiger charge is -2.20. The number of hydrogen-bond donors (Lipinski definition) is 2. The summed E-state index contributed by atoms with van der Waals surface area (Å²) < 4.78 is 6.75. The Balaban J connectivity index is 1.90. The van der Waals surface area contributed by atoms with Crippen LogP contribution in [0.15, 0.2) is 27.8 Å². The number of carbonyl (C=O) groups excluding carboxylic acids is 1. The lowest BCUT2D eigenvalue weighted by atomic mass is 10.1. The van der Waals surface area contributed by atoms with Gasteiger partial charge in [-0.15, -0.1) is 0 Å². The highest BCUT2D eigenvalue weighted by Gasteiger charge is 2.24. The number of aromatic amines is 1. The second-order valence-electron chi connectivity index (χ2n) is 6.77. The van der Waals surface area contributed by atoms with Crippen LogP contribution in [0.1, 0.15) is 50.0 Å². The first-order valence-electron chi connectivity index (χ1n) is 8.59. The zero-order valence-electron chi connectivity index (χ0n) is 14.7. The highest BCUT2D eigenvalue weighted by Crippen LogP contribution is 2.16. The summed E-state index contributed by atoms with van der Waals surface area (Å²) in [5, 5.41) is 3.31. The molecule has 2 heterocycles. The van der Waals surface area contributed by atoms with E-state index in [1.165, 1.54) is 4.57 Å². The molecule has 2 atom stereocenters. The fourth-order valence-corrected chi connectivity index (χ4v) is 3.22. The minimum absolute atomic E-state index is 0.0301. The molecule has 1 saturated heterocycles. The molecule has 1 aliphatic heterocycles. The molecule has 1 aliphatic rings. The van der Waals surface area contributed by atoms with Gasteiger partial charge in [-0.1, -0.05) is 0 Å². The van der Waals surface area contributed by atoms with Crippen molar-refractivity contribution >= 4 is 16.8 Å². The molecule has 0 spiro atoms. The van der Waals surface area contributed by atoms with Gasteiger partial charge in [0.05, 0.1) is 23.0 Å². The lowest BCUT2D eigenvalue weighted by Crippen LogP contribution is -2.41. The van der Waals surface area contributed by atoms with Gasteiger partial charge in [-0.05, 0) is 51.8 Å². The average Bonchev–Trinajstić information content (AvgIpc) is 3.08. The molecule has 3 rings (SSSR count). The number of fused-ring (bicyclic) bond motifs is 1. The zero-order chi connectivity index (χ0) is 18.1. The Labute approximate surface area is 145 Å². The van der Waals surface area contributed by atoms with Crippen LogP contribution in [0.4, 0.5) is 0 Å². The summed E-state index contributed by atoms with van der Waals surface area (Å²) >= 11 is 0. The van der Waals surface area contributed by atoms with Crippen LogP contribution in [0.3, 0.4) is 0 Å². The van der Waals surface area contributed by atoms with Crippen molar-refractivity contribution in [3.63, 3.8) is 0 Å². The third-order valence-corrected chi connectivity index (χ3v) is 4.59. The maximum Gasteiger partial charge on any atom is 0.329 e. The molecule has 1 amide bonds. The molecule has 7 nitrogen and oxygen atoms in total. The van der Waals surface area contributed by atoms with Gasteiger partial charge in [0.15, 0.2) is 0 Å². The van der Waals surface area contributed by atoms with Crippen molar-refractivity contribution in [2.45, 2.75) is 51.8 Å². The molecule has 0 unspecified atom stereocenters. The summed E-state index contributed by atoms with van der Waals surface area (Å²) in [6, 6.07) is 4.39. The monoisotopic (exact) mass is 345 g/mol. The number of carbonyl (C=O) groups is 1. The van der Waals surface area contributed by atoms with Gasteiger partial charge >= 0.3 is 5.69 Å². The number of rotatable bonds is 4. The molecule has 0 radical (unpaired) electrons. The van der Waals surface area contributed by atoms with Gasteiger partial charge in [0.1, 0.15) is 0 Å². The van der Waals surface area contributed by atoms with E-state index in [4.69, 9.17) is 4.74 Å². The molecule has 134 valence electrons. The van der Waals surface area contributed by atoms with Crippen LogP contribution in [-0.4, -0.2) is 34.2 Å². The van der Waals surface area contributed by atoms with E-state index in [1.807, 2.05) is 6.92 Å². The van der Waals surface area contributed by atoms with Crippen molar-refractivity contribution < 1.29 is 9.53 Å². The molecule has 1 fully saturated rings. The lowest BCUT2D eigenvalue weighted by molar-refractivity contribution is 0.0712. The first-order valence-corrected chi connectivity index (χ1v) is 8.59. The second kappa shape index (κ2) is 6.84. The number of nitrogens with zero attached hydrogens (tertiary/aromatic N) is 1. The second-order valence-corrected chi connectivity index (χ2v) is 6.77. The first kappa shape index (κ1) is 17.4. The number of ether oxygens (including phenoxy) is 1. The van der Waals surface area contributed by atoms with Gasteiger partial charge in [-0.25, -0.2) is 4.79 Å². The number of nitrogens with one attached hydrogen (secondary N) is 2. The molecule has 1 aromatic heterocycles. The number of H-pyrrole nitrogens is 1. The van der Waals surface area contributed by atoms with E-state index < -0.39 is 5.69 Å².